The second kappa shape index (κ2) is 11.0. The number of aliphatic hydroxyl groups is 1. The standard InChI is InChI=1S/C28H30N2O4/c1-20(29-18-28(32)30-26-6-4-3-5-23(26)11-16-27(30)31)17-21-7-14-25(15-8-21)34-19-22-9-12-24(33-2)13-10-22/h3-16,20,28-29,32H,17-19H2,1-2H3/t20-,28-/m1/s1. The predicted molar refractivity (Wildman–Crippen MR) is 134 cm³/mol. The van der Waals surface area contributed by atoms with Crippen LogP contribution >= 0.6 is 0 Å². The molecule has 2 N–H and O–H groups in total. The molecule has 0 aliphatic rings. The van der Waals surface area contributed by atoms with Crippen molar-refractivity contribution >= 4 is 10.9 Å². The van der Waals surface area contributed by atoms with E-state index in [1.54, 1.807) is 13.2 Å². The molecule has 1 aromatic heterocycles. The van der Waals surface area contributed by atoms with E-state index in [1.807, 2.05) is 72.8 Å². The number of aliphatic hydroxyl groups excluding tert-OH is 1. The Bertz CT molecular complexity index is 1270. The van der Waals surface area contributed by atoms with Crippen molar-refractivity contribution in [3.05, 3.63) is 106 Å². The molecule has 4 rings (SSSR count). The van der Waals surface area contributed by atoms with Crippen molar-refractivity contribution in [1.82, 2.24) is 9.88 Å². The Morgan fingerprint density at radius 2 is 1.56 bits per heavy atom. The molecule has 0 saturated carbocycles. The number of nitrogens with zero attached hydrogens (tertiary/aromatic N) is 1. The average Bonchev–Trinajstić information content (AvgIpc) is 2.87. The molecule has 0 aliphatic carbocycles. The van der Waals surface area contributed by atoms with Gasteiger partial charge in [0.05, 0.1) is 12.6 Å². The first kappa shape index (κ1) is 23.5. The van der Waals surface area contributed by atoms with Crippen LogP contribution in [0, 0.1) is 0 Å². The molecule has 0 fully saturated rings. The zero-order valence-electron chi connectivity index (χ0n) is 19.5. The second-order valence-corrected chi connectivity index (χ2v) is 8.38. The van der Waals surface area contributed by atoms with Crippen molar-refractivity contribution in [2.45, 2.75) is 32.2 Å². The van der Waals surface area contributed by atoms with Crippen molar-refractivity contribution in [1.29, 1.82) is 0 Å². The van der Waals surface area contributed by atoms with E-state index in [0.717, 1.165) is 39.9 Å². The van der Waals surface area contributed by atoms with E-state index in [9.17, 15) is 9.90 Å². The lowest BCUT2D eigenvalue weighted by molar-refractivity contribution is 0.101. The van der Waals surface area contributed by atoms with Gasteiger partial charge >= 0.3 is 0 Å². The third kappa shape index (κ3) is 5.84. The van der Waals surface area contributed by atoms with Gasteiger partial charge in [-0.25, -0.2) is 0 Å². The number of benzene rings is 3. The van der Waals surface area contributed by atoms with Crippen LogP contribution in [0.3, 0.4) is 0 Å². The van der Waals surface area contributed by atoms with Gasteiger partial charge in [0.1, 0.15) is 24.3 Å². The predicted octanol–water partition coefficient (Wildman–Crippen LogP) is 4.30. The Labute approximate surface area is 199 Å². The van der Waals surface area contributed by atoms with E-state index < -0.39 is 6.23 Å². The molecule has 3 aromatic carbocycles. The SMILES string of the molecule is COc1ccc(COc2ccc(C[C@@H](C)NC[C@@H](O)n3c(=O)ccc4ccccc43)cc2)cc1. The highest BCUT2D eigenvalue weighted by Crippen LogP contribution is 2.18. The smallest absolute Gasteiger partial charge is 0.253 e. The van der Waals surface area contributed by atoms with Crippen molar-refractivity contribution in [3.8, 4) is 11.5 Å². The Kier molecular flexibility index (Phi) is 7.62. The van der Waals surface area contributed by atoms with Crippen molar-refractivity contribution in [2.75, 3.05) is 13.7 Å². The van der Waals surface area contributed by atoms with Crippen LogP contribution in [0.4, 0.5) is 0 Å². The maximum atomic E-state index is 12.4. The molecular formula is C28H30N2O4. The van der Waals surface area contributed by atoms with Crippen molar-refractivity contribution < 1.29 is 14.6 Å². The molecule has 176 valence electrons. The Balaban J connectivity index is 1.29. The first-order valence-corrected chi connectivity index (χ1v) is 11.4. The zero-order chi connectivity index (χ0) is 23.9. The van der Waals surface area contributed by atoms with Crippen LogP contribution in [0.2, 0.25) is 0 Å². The summed E-state index contributed by atoms with van der Waals surface area (Å²) in [5, 5.41) is 15.0. The van der Waals surface area contributed by atoms with Crippen LogP contribution in [0.1, 0.15) is 24.3 Å². The number of rotatable bonds is 10. The van der Waals surface area contributed by atoms with Gasteiger partial charge in [0, 0.05) is 18.7 Å². The fourth-order valence-corrected chi connectivity index (χ4v) is 3.95. The second-order valence-electron chi connectivity index (χ2n) is 8.38. The number of para-hydroxylation sites is 1. The van der Waals surface area contributed by atoms with Crippen molar-refractivity contribution in [3.63, 3.8) is 0 Å². The van der Waals surface area contributed by atoms with Gasteiger partial charge in [0.2, 0.25) is 0 Å². The molecule has 0 saturated heterocycles. The monoisotopic (exact) mass is 458 g/mol. The molecule has 0 radical (unpaired) electrons. The number of hydrogen-bond donors (Lipinski definition) is 2. The minimum absolute atomic E-state index is 0.117. The summed E-state index contributed by atoms with van der Waals surface area (Å²) in [6.07, 6.45) is -0.162. The lowest BCUT2D eigenvalue weighted by Crippen LogP contribution is -2.36. The van der Waals surface area contributed by atoms with E-state index in [0.29, 0.717) is 6.61 Å². The van der Waals surface area contributed by atoms with Crippen LogP contribution in [0.5, 0.6) is 11.5 Å². The van der Waals surface area contributed by atoms with Gasteiger partial charge < -0.3 is 19.9 Å². The molecular weight excluding hydrogens is 428 g/mol. The van der Waals surface area contributed by atoms with Gasteiger partial charge in [0.15, 0.2) is 0 Å². The summed E-state index contributed by atoms with van der Waals surface area (Å²) >= 11 is 0. The first-order valence-electron chi connectivity index (χ1n) is 11.4. The Morgan fingerprint density at radius 1 is 0.882 bits per heavy atom. The number of ether oxygens (including phenoxy) is 2. The highest BCUT2D eigenvalue weighted by Gasteiger charge is 2.13. The topological polar surface area (TPSA) is 72.7 Å². The Hall–Kier alpha value is -3.61. The largest absolute Gasteiger partial charge is 0.497 e. The van der Waals surface area contributed by atoms with Gasteiger partial charge in [-0.2, -0.15) is 0 Å². The van der Waals surface area contributed by atoms with E-state index in [4.69, 9.17) is 9.47 Å². The summed E-state index contributed by atoms with van der Waals surface area (Å²) in [6, 6.07) is 26.8. The van der Waals surface area contributed by atoms with Gasteiger partial charge in [-0.1, -0.05) is 42.5 Å². The Morgan fingerprint density at radius 3 is 2.29 bits per heavy atom. The fraction of sp³-hybridized carbons (Fsp3) is 0.250. The van der Waals surface area contributed by atoms with E-state index in [-0.39, 0.29) is 18.1 Å². The number of aromatic nitrogens is 1. The molecule has 0 amide bonds. The lowest BCUT2D eigenvalue weighted by atomic mass is 10.1. The summed E-state index contributed by atoms with van der Waals surface area (Å²) < 4.78 is 12.5. The summed E-state index contributed by atoms with van der Waals surface area (Å²) in [6.45, 7) is 2.83. The minimum atomic E-state index is -0.949. The van der Waals surface area contributed by atoms with E-state index >= 15 is 0 Å². The molecule has 2 atom stereocenters. The number of methoxy groups -OCH3 is 1. The van der Waals surface area contributed by atoms with E-state index in [2.05, 4.69) is 12.2 Å². The van der Waals surface area contributed by atoms with Gasteiger partial charge in [0.25, 0.3) is 5.56 Å². The molecule has 4 aromatic rings. The number of nitrogens with one attached hydrogen (secondary N) is 1. The number of hydrogen-bond acceptors (Lipinski definition) is 5. The summed E-state index contributed by atoms with van der Waals surface area (Å²) in [7, 11) is 1.65. The summed E-state index contributed by atoms with van der Waals surface area (Å²) in [5.41, 5.74) is 2.74. The van der Waals surface area contributed by atoms with Gasteiger partial charge in [-0.15, -0.1) is 0 Å². The maximum Gasteiger partial charge on any atom is 0.253 e. The first-order chi connectivity index (χ1) is 16.5. The maximum absolute atomic E-state index is 12.4. The minimum Gasteiger partial charge on any atom is -0.497 e. The highest BCUT2D eigenvalue weighted by atomic mass is 16.5. The van der Waals surface area contributed by atoms with E-state index in [1.165, 1.54) is 10.6 Å². The van der Waals surface area contributed by atoms with Crippen molar-refractivity contribution in [2.24, 2.45) is 0 Å². The highest BCUT2D eigenvalue weighted by molar-refractivity contribution is 5.78. The third-order valence-corrected chi connectivity index (χ3v) is 5.82. The molecule has 0 unspecified atom stereocenters. The quantitative estimate of drug-likeness (QED) is 0.371. The summed E-state index contributed by atoms with van der Waals surface area (Å²) in [4.78, 5) is 12.4. The molecule has 1 heterocycles. The summed E-state index contributed by atoms with van der Waals surface area (Å²) in [5.74, 6) is 1.64. The van der Waals surface area contributed by atoms with Gasteiger partial charge in [-0.05, 0) is 66.3 Å². The normalized spacial score (nSPS) is 12.9. The van der Waals surface area contributed by atoms with Crippen LogP contribution < -0.4 is 20.3 Å². The zero-order valence-corrected chi connectivity index (χ0v) is 19.5. The third-order valence-electron chi connectivity index (χ3n) is 5.82. The molecule has 34 heavy (non-hydrogen) atoms. The molecule has 0 aliphatic heterocycles. The number of fused-ring (bicyclic) bond motifs is 1. The number of pyridine rings is 1. The molecule has 6 heteroatoms. The van der Waals surface area contributed by atoms with Crippen LogP contribution in [-0.2, 0) is 13.0 Å². The molecule has 6 nitrogen and oxygen atoms in total. The van der Waals surface area contributed by atoms with Crippen LogP contribution in [-0.4, -0.2) is 29.4 Å². The average molecular weight is 459 g/mol. The lowest BCUT2D eigenvalue weighted by Gasteiger charge is -2.20. The molecule has 0 bridgehead atoms. The van der Waals surface area contributed by atoms with Gasteiger partial charge in [-0.3, -0.25) is 9.36 Å². The fourth-order valence-electron chi connectivity index (χ4n) is 3.95. The van der Waals surface area contributed by atoms with Crippen LogP contribution in [0.25, 0.3) is 10.9 Å². The van der Waals surface area contributed by atoms with Crippen LogP contribution in [0.15, 0.2) is 89.7 Å². The molecule has 0 spiro atoms.